The van der Waals surface area contributed by atoms with E-state index in [0.29, 0.717) is 16.2 Å². The molecule has 1 N–H and O–H groups in total. The number of halogens is 9. The van der Waals surface area contributed by atoms with Crippen molar-refractivity contribution < 1.29 is 27.4 Å². The van der Waals surface area contributed by atoms with Crippen molar-refractivity contribution in [1.29, 1.82) is 0 Å². The van der Waals surface area contributed by atoms with E-state index in [1.165, 1.54) is 12.5 Å². The van der Waals surface area contributed by atoms with Gasteiger partial charge in [-0.25, -0.2) is 17.6 Å². The highest BCUT2D eigenvalue weighted by molar-refractivity contribution is 14.1. The van der Waals surface area contributed by atoms with Crippen molar-refractivity contribution >= 4 is 93.0 Å². The minimum atomic E-state index is -0.926. The molecular weight excluding hydrogens is 830 g/mol. The molecule has 30 heavy (non-hydrogen) atoms. The summed E-state index contributed by atoms with van der Waals surface area (Å²) in [6.45, 7) is 0.420. The van der Waals surface area contributed by atoms with Gasteiger partial charge in [0.2, 0.25) is 0 Å². The Balaban J connectivity index is 0. The van der Waals surface area contributed by atoms with Crippen LogP contribution >= 0.6 is 93.0 Å². The van der Waals surface area contributed by atoms with E-state index >= 15 is 0 Å². The third kappa shape index (κ3) is 13.9. The molecule has 172 valence electrons. The van der Waals surface area contributed by atoms with E-state index < -0.39 is 29.0 Å². The number of ether oxygens (including phenoxy) is 1. The third-order valence-corrected chi connectivity index (χ3v) is 6.04. The summed E-state index contributed by atoms with van der Waals surface area (Å²) in [5.41, 5.74) is 0. The Kier molecular flexibility index (Phi) is 21.0. The molecule has 2 nitrogen and oxygen atoms in total. The van der Waals surface area contributed by atoms with E-state index in [2.05, 4.69) is 47.8 Å². The van der Waals surface area contributed by atoms with Crippen LogP contribution in [0.3, 0.4) is 0 Å². The molecule has 0 fully saturated rings. The molecule has 0 atom stereocenters. The van der Waals surface area contributed by atoms with E-state index in [1.54, 1.807) is 22.6 Å². The van der Waals surface area contributed by atoms with Crippen molar-refractivity contribution in [3.05, 3.63) is 54.7 Å². The average Bonchev–Trinajstić information content (AvgIpc) is 2.63. The fourth-order valence-corrected chi connectivity index (χ4v) is 4.29. The maximum atomic E-state index is 13.2. The number of rotatable bonds is 6. The summed E-state index contributed by atoms with van der Waals surface area (Å²) in [5, 5.41) is 11.8. The van der Waals surface area contributed by atoms with Crippen LogP contribution in [0.2, 0.25) is 0 Å². The van der Waals surface area contributed by atoms with E-state index in [9.17, 15) is 17.6 Å². The molecule has 0 aliphatic heterocycles. The van der Waals surface area contributed by atoms with Gasteiger partial charge in [-0.3, -0.25) is 0 Å². The van der Waals surface area contributed by atoms with E-state index in [4.69, 9.17) is 9.84 Å². The Labute approximate surface area is 227 Å². The number of phenols is 1. The second kappa shape index (κ2) is 19.2. The predicted octanol–water partition coefficient (Wildman–Crippen LogP) is 8.81. The van der Waals surface area contributed by atoms with E-state index in [1.807, 2.05) is 22.6 Å². The molecule has 11 heteroatoms. The first-order chi connectivity index (χ1) is 13.7. The monoisotopic (exact) mass is 848 g/mol. The Morgan fingerprint density at radius 1 is 0.767 bits per heavy atom. The van der Waals surface area contributed by atoms with Crippen LogP contribution in [0.1, 0.15) is 20.3 Å². The molecule has 2 rings (SSSR count). The Hall–Kier alpha value is 0.660. The standard InChI is InChI=1S/C9H8BrF2IO.C6H3F2IO.C3H6Br2.CH4/c10-2-1-3-14-9-7(12)4-6(11)5-8(9)13;7-3-1-4(8)6(10)5(9)2-3;4-2-1-3-5;/h4-5H,1-3H2;1-2,10H;1-3H2;1H4. The molecule has 0 heterocycles. The first-order valence-electron chi connectivity index (χ1n) is 7.96. The maximum Gasteiger partial charge on any atom is 0.169 e. The molecular formula is C19H21Br3F4I2O2. The summed E-state index contributed by atoms with van der Waals surface area (Å²) in [6, 6.07) is 3.76. The Morgan fingerprint density at radius 3 is 1.63 bits per heavy atom. The molecule has 0 amide bonds. The second-order valence-electron chi connectivity index (χ2n) is 5.04. The summed E-state index contributed by atoms with van der Waals surface area (Å²) >= 11 is 13.3. The van der Waals surface area contributed by atoms with Crippen LogP contribution in [0, 0.1) is 30.4 Å². The molecule has 0 aliphatic rings. The Morgan fingerprint density at radius 2 is 1.23 bits per heavy atom. The average molecular weight is 851 g/mol. The Bertz CT molecular complexity index is 708. The molecule has 0 saturated carbocycles. The number of benzene rings is 2. The van der Waals surface area contributed by atoms with Gasteiger partial charge in [-0.15, -0.1) is 0 Å². The summed E-state index contributed by atoms with van der Waals surface area (Å²) in [7, 11) is 0. The highest BCUT2D eigenvalue weighted by Crippen LogP contribution is 2.26. The first-order valence-corrected chi connectivity index (χ1v) is 13.5. The molecule has 0 saturated heterocycles. The lowest BCUT2D eigenvalue weighted by atomic mass is 10.3. The smallest absolute Gasteiger partial charge is 0.169 e. The molecule has 0 radical (unpaired) electrons. The van der Waals surface area contributed by atoms with Crippen molar-refractivity contribution in [2.75, 3.05) is 22.6 Å². The second-order valence-corrected chi connectivity index (χ2v) is 9.74. The summed E-state index contributed by atoms with van der Waals surface area (Å²) < 4.78 is 56.3. The number of hydrogen-bond donors (Lipinski definition) is 1. The van der Waals surface area contributed by atoms with Gasteiger partial charge in [-0.2, -0.15) is 0 Å². The number of hydrogen-bond acceptors (Lipinski definition) is 2. The minimum absolute atomic E-state index is 0. The van der Waals surface area contributed by atoms with Crippen molar-refractivity contribution in [2.45, 2.75) is 20.3 Å². The van der Waals surface area contributed by atoms with E-state index in [0.717, 1.165) is 34.5 Å². The van der Waals surface area contributed by atoms with Gasteiger partial charge >= 0.3 is 0 Å². The van der Waals surface area contributed by atoms with Crippen LogP contribution in [0.5, 0.6) is 11.5 Å². The molecule has 0 bridgehead atoms. The number of aromatic hydroxyl groups is 1. The maximum absolute atomic E-state index is 13.2. The highest BCUT2D eigenvalue weighted by atomic mass is 127. The van der Waals surface area contributed by atoms with Gasteiger partial charge in [0.05, 0.1) is 13.7 Å². The van der Waals surface area contributed by atoms with Crippen molar-refractivity contribution in [3.8, 4) is 11.5 Å². The number of alkyl halides is 3. The summed E-state index contributed by atoms with van der Waals surface area (Å²) in [4.78, 5) is 0. The zero-order chi connectivity index (χ0) is 22.4. The lowest BCUT2D eigenvalue weighted by Crippen LogP contribution is -2.02. The van der Waals surface area contributed by atoms with Crippen LogP contribution in [0.15, 0.2) is 24.3 Å². The largest absolute Gasteiger partial charge is 0.504 e. The van der Waals surface area contributed by atoms with Crippen molar-refractivity contribution in [1.82, 2.24) is 0 Å². The van der Waals surface area contributed by atoms with Crippen molar-refractivity contribution in [3.63, 3.8) is 0 Å². The zero-order valence-electron chi connectivity index (χ0n) is 14.8. The summed E-state index contributed by atoms with van der Waals surface area (Å²) in [5.74, 6) is -3.21. The molecule has 0 aromatic heterocycles. The third-order valence-electron chi connectivity index (χ3n) is 2.74. The predicted molar refractivity (Wildman–Crippen MR) is 143 cm³/mol. The molecule has 2 aromatic rings. The van der Waals surface area contributed by atoms with Gasteiger partial charge in [0.15, 0.2) is 23.1 Å². The van der Waals surface area contributed by atoms with Gasteiger partial charge < -0.3 is 9.84 Å². The fourth-order valence-electron chi connectivity index (χ4n) is 1.48. The highest BCUT2D eigenvalue weighted by Gasteiger charge is 2.10. The van der Waals surface area contributed by atoms with Crippen LogP contribution in [-0.4, -0.2) is 27.7 Å². The number of phenolic OH excluding ortho intramolecular Hbond substituents is 1. The first kappa shape index (κ1) is 32.8. The minimum Gasteiger partial charge on any atom is -0.504 e. The quantitative estimate of drug-likeness (QED) is 0.136. The fraction of sp³-hybridized carbons (Fsp3) is 0.368. The molecule has 0 spiro atoms. The van der Waals surface area contributed by atoms with E-state index in [-0.39, 0.29) is 16.7 Å². The lowest BCUT2D eigenvalue weighted by Gasteiger charge is -2.08. The SMILES string of the molecule is BrCCCBr.C.Fc1cc(F)c(OCCCBr)c(I)c1.Oc1c(F)cc(F)cc1I. The molecule has 2 aromatic carbocycles. The van der Waals surface area contributed by atoms with Gasteiger partial charge in [-0.05, 0) is 70.2 Å². The summed E-state index contributed by atoms with van der Waals surface area (Å²) in [6.07, 6.45) is 2.01. The van der Waals surface area contributed by atoms with Gasteiger partial charge in [0.25, 0.3) is 0 Å². The topological polar surface area (TPSA) is 29.5 Å². The van der Waals surface area contributed by atoms with Gasteiger partial charge in [0.1, 0.15) is 11.6 Å². The zero-order valence-corrected chi connectivity index (χ0v) is 23.9. The van der Waals surface area contributed by atoms with Crippen LogP contribution in [0.25, 0.3) is 0 Å². The van der Waals surface area contributed by atoms with Gasteiger partial charge in [-0.1, -0.05) is 55.2 Å². The van der Waals surface area contributed by atoms with Crippen molar-refractivity contribution in [2.24, 2.45) is 0 Å². The molecule has 0 aliphatic carbocycles. The van der Waals surface area contributed by atoms with Crippen LogP contribution in [-0.2, 0) is 0 Å². The van der Waals surface area contributed by atoms with Crippen LogP contribution in [0.4, 0.5) is 17.6 Å². The van der Waals surface area contributed by atoms with Crippen LogP contribution < -0.4 is 4.74 Å². The lowest BCUT2D eigenvalue weighted by molar-refractivity contribution is 0.299. The molecule has 0 unspecified atom stereocenters. The van der Waals surface area contributed by atoms with Gasteiger partial charge in [0, 0.05) is 28.1 Å². The normalized spacial score (nSPS) is 9.50.